The molecule has 1 heterocycles. The number of fused-ring (bicyclic) bond motifs is 1. The van der Waals surface area contributed by atoms with Crippen LogP contribution in [0.3, 0.4) is 0 Å². The minimum Gasteiger partial charge on any atom is -0.493 e. The fraction of sp³-hybridized carbons (Fsp3) is 0.345. The Labute approximate surface area is 217 Å². The number of anilines is 1. The van der Waals surface area contributed by atoms with E-state index in [1.54, 1.807) is 31.1 Å². The molecule has 0 saturated heterocycles. The van der Waals surface area contributed by atoms with Gasteiger partial charge in [0.1, 0.15) is 0 Å². The van der Waals surface area contributed by atoms with Gasteiger partial charge < -0.3 is 24.6 Å². The summed E-state index contributed by atoms with van der Waals surface area (Å²) in [5, 5.41) is 20.6. The molecule has 6 nitrogen and oxygen atoms in total. The van der Waals surface area contributed by atoms with E-state index in [0.717, 1.165) is 16.7 Å². The molecule has 3 aromatic carbocycles. The summed E-state index contributed by atoms with van der Waals surface area (Å²) in [5.41, 5.74) is 2.95. The van der Waals surface area contributed by atoms with Gasteiger partial charge in [0, 0.05) is 23.7 Å². The molecular weight excluding hydrogens is 478 g/mol. The Hall–Kier alpha value is -3.06. The molecule has 190 valence electrons. The summed E-state index contributed by atoms with van der Waals surface area (Å²) in [6, 6.07) is 18.2. The number of ether oxygens (including phenoxy) is 2. The molecule has 0 spiro atoms. The van der Waals surface area contributed by atoms with E-state index >= 15 is 0 Å². The van der Waals surface area contributed by atoms with Crippen LogP contribution in [0.15, 0.2) is 60.7 Å². The van der Waals surface area contributed by atoms with Crippen molar-refractivity contribution in [2.75, 3.05) is 18.6 Å². The predicted octanol–water partition coefficient (Wildman–Crippen LogP) is 5.40. The summed E-state index contributed by atoms with van der Waals surface area (Å²) < 4.78 is 11.6. The molecule has 0 aromatic heterocycles. The van der Waals surface area contributed by atoms with Crippen LogP contribution in [-0.2, 0) is 16.8 Å². The van der Waals surface area contributed by atoms with Crippen LogP contribution in [0.2, 0.25) is 5.02 Å². The van der Waals surface area contributed by atoms with E-state index in [2.05, 4.69) is 0 Å². The molecule has 1 unspecified atom stereocenters. The highest BCUT2D eigenvalue weighted by Crippen LogP contribution is 2.44. The number of aliphatic hydroxyl groups excluding tert-OH is 1. The summed E-state index contributed by atoms with van der Waals surface area (Å²) >= 11 is 6.18. The number of hydrogen-bond donors (Lipinski definition) is 2. The summed E-state index contributed by atoms with van der Waals surface area (Å²) in [5.74, 6) is 1.15. The first-order chi connectivity index (χ1) is 17.1. The van der Waals surface area contributed by atoms with Crippen LogP contribution < -0.4 is 14.4 Å². The molecule has 7 heteroatoms. The van der Waals surface area contributed by atoms with Crippen LogP contribution in [-0.4, -0.2) is 35.9 Å². The average Bonchev–Trinajstić information content (AvgIpc) is 2.83. The third kappa shape index (κ3) is 5.21. The average molecular weight is 510 g/mol. The maximum atomic E-state index is 13.6. The van der Waals surface area contributed by atoms with Gasteiger partial charge in [0.25, 0.3) is 0 Å². The second-order valence-electron chi connectivity index (χ2n) is 9.56. The van der Waals surface area contributed by atoms with Gasteiger partial charge in [0.2, 0.25) is 5.91 Å². The first-order valence-corrected chi connectivity index (χ1v) is 12.4. The maximum absolute atomic E-state index is 13.6. The van der Waals surface area contributed by atoms with Gasteiger partial charge in [-0.05, 0) is 79.4 Å². The SMILES string of the molecule is COc1cc2c(cc1OC(C)C)[C@H](c1ccc(Cl)cc1)N(c1ccc(C(C)(O)CCO)cc1)C(=O)C2. The van der Waals surface area contributed by atoms with Crippen molar-refractivity contribution < 1.29 is 24.5 Å². The number of aliphatic hydroxyl groups is 2. The van der Waals surface area contributed by atoms with Gasteiger partial charge in [-0.3, -0.25) is 4.79 Å². The topological polar surface area (TPSA) is 79.2 Å². The normalized spacial score (nSPS) is 17.1. The molecular formula is C29H32ClNO5. The number of benzene rings is 3. The van der Waals surface area contributed by atoms with Crippen LogP contribution >= 0.6 is 11.6 Å². The van der Waals surface area contributed by atoms with Gasteiger partial charge in [-0.2, -0.15) is 0 Å². The Bertz CT molecular complexity index is 1220. The lowest BCUT2D eigenvalue weighted by molar-refractivity contribution is -0.118. The van der Waals surface area contributed by atoms with Gasteiger partial charge >= 0.3 is 0 Å². The number of amides is 1. The van der Waals surface area contributed by atoms with E-state index < -0.39 is 11.6 Å². The number of hydrogen-bond acceptors (Lipinski definition) is 5. The van der Waals surface area contributed by atoms with Crippen molar-refractivity contribution in [2.24, 2.45) is 0 Å². The molecule has 36 heavy (non-hydrogen) atoms. The smallest absolute Gasteiger partial charge is 0.232 e. The maximum Gasteiger partial charge on any atom is 0.232 e. The molecule has 0 saturated carbocycles. The van der Waals surface area contributed by atoms with Crippen molar-refractivity contribution in [2.45, 2.75) is 51.4 Å². The fourth-order valence-corrected chi connectivity index (χ4v) is 4.80. The summed E-state index contributed by atoms with van der Waals surface area (Å²) in [4.78, 5) is 15.4. The van der Waals surface area contributed by atoms with Crippen LogP contribution in [0.5, 0.6) is 11.5 Å². The monoisotopic (exact) mass is 509 g/mol. The molecule has 0 aliphatic carbocycles. The number of carbonyl (C=O) groups excluding carboxylic acids is 1. The van der Waals surface area contributed by atoms with E-state index in [1.807, 2.05) is 62.4 Å². The van der Waals surface area contributed by atoms with Gasteiger partial charge in [-0.15, -0.1) is 0 Å². The number of methoxy groups -OCH3 is 1. The minimum atomic E-state index is -1.17. The molecule has 0 fully saturated rings. The summed E-state index contributed by atoms with van der Waals surface area (Å²) in [7, 11) is 1.59. The van der Waals surface area contributed by atoms with Crippen molar-refractivity contribution in [3.8, 4) is 11.5 Å². The molecule has 1 amide bonds. The number of halogens is 1. The van der Waals surface area contributed by atoms with E-state index in [-0.39, 0.29) is 31.5 Å². The Kier molecular flexibility index (Phi) is 7.59. The number of nitrogens with zero attached hydrogens (tertiary/aromatic N) is 1. The third-order valence-corrected chi connectivity index (χ3v) is 6.76. The minimum absolute atomic E-state index is 0.0495. The zero-order valence-corrected chi connectivity index (χ0v) is 21.7. The molecule has 1 aliphatic rings. The van der Waals surface area contributed by atoms with E-state index in [0.29, 0.717) is 27.8 Å². The molecule has 2 atom stereocenters. The van der Waals surface area contributed by atoms with Crippen molar-refractivity contribution in [1.82, 2.24) is 0 Å². The van der Waals surface area contributed by atoms with Crippen molar-refractivity contribution in [1.29, 1.82) is 0 Å². The molecule has 0 bridgehead atoms. The quantitative estimate of drug-likeness (QED) is 0.425. The first-order valence-electron chi connectivity index (χ1n) is 12.0. The van der Waals surface area contributed by atoms with Gasteiger partial charge in [-0.1, -0.05) is 35.9 Å². The molecule has 3 aromatic rings. The van der Waals surface area contributed by atoms with Crippen LogP contribution in [0.4, 0.5) is 5.69 Å². The van der Waals surface area contributed by atoms with Crippen molar-refractivity contribution >= 4 is 23.2 Å². The number of carbonyl (C=O) groups is 1. The van der Waals surface area contributed by atoms with Gasteiger partial charge in [0.05, 0.1) is 31.3 Å². The zero-order valence-electron chi connectivity index (χ0n) is 21.0. The van der Waals surface area contributed by atoms with E-state index in [4.69, 9.17) is 21.1 Å². The molecule has 0 radical (unpaired) electrons. The highest BCUT2D eigenvalue weighted by atomic mass is 35.5. The van der Waals surface area contributed by atoms with Crippen LogP contribution in [0.25, 0.3) is 0 Å². The summed E-state index contributed by atoms with van der Waals surface area (Å²) in [6.45, 7) is 5.46. The highest BCUT2D eigenvalue weighted by Gasteiger charge is 2.36. The lowest BCUT2D eigenvalue weighted by atomic mass is 9.86. The van der Waals surface area contributed by atoms with Crippen molar-refractivity contribution in [3.05, 3.63) is 87.9 Å². The van der Waals surface area contributed by atoms with Crippen LogP contribution in [0.1, 0.15) is 55.5 Å². The highest BCUT2D eigenvalue weighted by molar-refractivity contribution is 6.30. The fourth-order valence-electron chi connectivity index (χ4n) is 4.67. The van der Waals surface area contributed by atoms with Crippen molar-refractivity contribution in [3.63, 3.8) is 0 Å². The second kappa shape index (κ2) is 10.5. The second-order valence-corrected chi connectivity index (χ2v) is 9.99. The zero-order chi connectivity index (χ0) is 26.0. The standard InChI is InChI=1S/C29H32ClNO5/c1-18(2)36-26-17-24-20(15-25(26)35-4)16-27(33)31(28(24)19-5-9-22(30)10-6-19)23-11-7-21(8-12-23)29(3,34)13-14-32/h5-12,15,17-18,28,32,34H,13-14,16H2,1-4H3/t28-,29?/m0/s1. The van der Waals surface area contributed by atoms with Gasteiger partial charge in [0.15, 0.2) is 11.5 Å². The van der Waals surface area contributed by atoms with Crippen LogP contribution in [0, 0.1) is 0 Å². The Balaban J connectivity index is 1.85. The Morgan fingerprint density at radius 2 is 1.75 bits per heavy atom. The lowest BCUT2D eigenvalue weighted by Gasteiger charge is -2.38. The van der Waals surface area contributed by atoms with E-state index in [9.17, 15) is 15.0 Å². The van der Waals surface area contributed by atoms with E-state index in [1.165, 1.54) is 0 Å². The largest absolute Gasteiger partial charge is 0.493 e. The lowest BCUT2D eigenvalue weighted by Crippen LogP contribution is -2.41. The molecule has 1 aliphatic heterocycles. The molecule has 2 N–H and O–H groups in total. The Morgan fingerprint density at radius 1 is 1.08 bits per heavy atom. The number of rotatable bonds is 8. The third-order valence-electron chi connectivity index (χ3n) is 6.50. The predicted molar refractivity (Wildman–Crippen MR) is 141 cm³/mol. The summed E-state index contributed by atoms with van der Waals surface area (Å²) in [6.07, 6.45) is 0.379. The first kappa shape index (κ1) is 26.0. The Morgan fingerprint density at radius 3 is 2.33 bits per heavy atom. The van der Waals surface area contributed by atoms with Gasteiger partial charge in [-0.25, -0.2) is 0 Å². The molecule has 4 rings (SSSR count).